The van der Waals surface area contributed by atoms with E-state index in [1.807, 2.05) is 6.07 Å². The minimum Gasteiger partial charge on any atom is -0.392 e. The number of fused-ring (bicyclic) bond motifs is 1. The molecule has 0 spiro atoms. The van der Waals surface area contributed by atoms with E-state index in [-0.39, 0.29) is 6.10 Å². The van der Waals surface area contributed by atoms with Crippen LogP contribution in [0.2, 0.25) is 0 Å². The molecule has 2 aromatic rings. The molecule has 1 N–H and O–H groups in total. The van der Waals surface area contributed by atoms with E-state index < -0.39 is 0 Å². The summed E-state index contributed by atoms with van der Waals surface area (Å²) in [5, 5.41) is 9.94. The molecule has 1 fully saturated rings. The Morgan fingerprint density at radius 1 is 1.37 bits per heavy atom. The summed E-state index contributed by atoms with van der Waals surface area (Å²) in [4.78, 5) is 6.92. The van der Waals surface area contributed by atoms with Crippen LogP contribution in [-0.4, -0.2) is 38.6 Å². The van der Waals surface area contributed by atoms with Crippen molar-refractivity contribution in [3.05, 3.63) is 35.8 Å². The van der Waals surface area contributed by atoms with Gasteiger partial charge in [0, 0.05) is 25.5 Å². The molecule has 3 rings (SSSR count). The second-order valence-electron chi connectivity index (χ2n) is 5.77. The predicted octanol–water partition coefficient (Wildman–Crippen LogP) is 1.85. The van der Waals surface area contributed by atoms with Crippen LogP contribution in [0.1, 0.15) is 24.6 Å². The Morgan fingerprint density at radius 2 is 2.21 bits per heavy atom. The molecule has 3 heterocycles. The van der Waals surface area contributed by atoms with Gasteiger partial charge in [0.1, 0.15) is 5.65 Å². The maximum absolute atomic E-state index is 9.94. The lowest BCUT2D eigenvalue weighted by Gasteiger charge is -2.33. The lowest BCUT2D eigenvalue weighted by Crippen LogP contribution is -2.42. The fraction of sp³-hybridized carbons (Fsp3) is 0.533. The standard InChI is InChI=1S/C15H21N3O/c1-11-3-4-15-16-13(9-18(15)7-11)8-17-6-5-12(2)14(19)10-17/h3-4,7,9,12,14,19H,5-6,8,10H2,1-2H3. The van der Waals surface area contributed by atoms with Crippen molar-refractivity contribution in [2.75, 3.05) is 13.1 Å². The van der Waals surface area contributed by atoms with Crippen molar-refractivity contribution in [1.82, 2.24) is 14.3 Å². The molecular weight excluding hydrogens is 238 g/mol. The van der Waals surface area contributed by atoms with Crippen molar-refractivity contribution in [2.24, 2.45) is 5.92 Å². The van der Waals surface area contributed by atoms with Crippen LogP contribution in [0.5, 0.6) is 0 Å². The van der Waals surface area contributed by atoms with E-state index in [0.29, 0.717) is 5.92 Å². The number of hydrogen-bond acceptors (Lipinski definition) is 3. The summed E-state index contributed by atoms with van der Waals surface area (Å²) >= 11 is 0. The van der Waals surface area contributed by atoms with Crippen LogP contribution in [0.25, 0.3) is 5.65 Å². The van der Waals surface area contributed by atoms with Gasteiger partial charge in [-0.3, -0.25) is 4.90 Å². The largest absolute Gasteiger partial charge is 0.392 e. The van der Waals surface area contributed by atoms with Crippen molar-refractivity contribution in [2.45, 2.75) is 32.9 Å². The first-order valence-corrected chi connectivity index (χ1v) is 6.96. The Labute approximate surface area is 113 Å². The van der Waals surface area contributed by atoms with Gasteiger partial charge in [-0.2, -0.15) is 0 Å². The van der Waals surface area contributed by atoms with E-state index in [9.17, 15) is 5.11 Å². The van der Waals surface area contributed by atoms with Gasteiger partial charge < -0.3 is 9.51 Å². The number of imidazole rings is 1. The number of likely N-dealkylation sites (tertiary alicyclic amines) is 1. The second-order valence-corrected chi connectivity index (χ2v) is 5.77. The Kier molecular flexibility index (Phi) is 3.29. The van der Waals surface area contributed by atoms with Crippen LogP contribution < -0.4 is 0 Å². The van der Waals surface area contributed by atoms with E-state index in [1.54, 1.807) is 0 Å². The molecule has 4 heteroatoms. The smallest absolute Gasteiger partial charge is 0.137 e. The van der Waals surface area contributed by atoms with E-state index in [4.69, 9.17) is 0 Å². The lowest BCUT2D eigenvalue weighted by molar-refractivity contribution is 0.0255. The summed E-state index contributed by atoms with van der Waals surface area (Å²) in [6, 6.07) is 4.13. The third-order valence-corrected chi connectivity index (χ3v) is 4.04. The average molecular weight is 259 g/mol. The van der Waals surface area contributed by atoms with E-state index in [2.05, 4.69) is 46.6 Å². The second kappa shape index (κ2) is 4.94. The Balaban J connectivity index is 1.74. The molecule has 4 nitrogen and oxygen atoms in total. The zero-order chi connectivity index (χ0) is 13.4. The van der Waals surface area contributed by atoms with Crippen LogP contribution in [-0.2, 0) is 6.54 Å². The molecule has 0 saturated carbocycles. The number of aliphatic hydroxyl groups excluding tert-OH is 1. The summed E-state index contributed by atoms with van der Waals surface area (Å²) in [5.41, 5.74) is 3.30. The van der Waals surface area contributed by atoms with Crippen LogP contribution in [0, 0.1) is 12.8 Å². The highest BCUT2D eigenvalue weighted by Gasteiger charge is 2.24. The molecule has 0 aliphatic carbocycles. The number of piperidine rings is 1. The summed E-state index contributed by atoms with van der Waals surface area (Å²) in [7, 11) is 0. The summed E-state index contributed by atoms with van der Waals surface area (Å²) < 4.78 is 2.08. The van der Waals surface area contributed by atoms with Gasteiger partial charge in [-0.05, 0) is 37.4 Å². The molecule has 2 aromatic heterocycles. The number of aromatic nitrogens is 2. The summed E-state index contributed by atoms with van der Waals surface area (Å²) in [6.07, 6.45) is 5.05. The number of nitrogens with zero attached hydrogens (tertiary/aromatic N) is 3. The van der Waals surface area contributed by atoms with Gasteiger partial charge >= 0.3 is 0 Å². The highest BCUT2D eigenvalue weighted by atomic mass is 16.3. The molecule has 19 heavy (non-hydrogen) atoms. The van der Waals surface area contributed by atoms with Crippen LogP contribution in [0.3, 0.4) is 0 Å². The predicted molar refractivity (Wildman–Crippen MR) is 75.0 cm³/mol. The number of aryl methyl sites for hydroxylation is 1. The average Bonchev–Trinajstić information content (AvgIpc) is 2.75. The fourth-order valence-corrected chi connectivity index (χ4v) is 2.72. The van der Waals surface area contributed by atoms with Crippen molar-refractivity contribution >= 4 is 5.65 Å². The van der Waals surface area contributed by atoms with Gasteiger partial charge in [0.15, 0.2) is 0 Å². The SMILES string of the molecule is Cc1ccc2nc(CN3CCC(C)C(O)C3)cn2c1. The number of rotatable bonds is 2. The van der Waals surface area contributed by atoms with Crippen molar-refractivity contribution < 1.29 is 5.11 Å². The maximum Gasteiger partial charge on any atom is 0.137 e. The molecular formula is C15H21N3O. The zero-order valence-electron chi connectivity index (χ0n) is 11.6. The molecule has 0 radical (unpaired) electrons. The molecule has 2 unspecified atom stereocenters. The highest BCUT2D eigenvalue weighted by molar-refractivity contribution is 5.41. The molecule has 0 aromatic carbocycles. The number of hydrogen-bond donors (Lipinski definition) is 1. The molecule has 2 atom stereocenters. The van der Waals surface area contributed by atoms with Crippen molar-refractivity contribution in [1.29, 1.82) is 0 Å². The minimum atomic E-state index is -0.201. The molecule has 1 saturated heterocycles. The third-order valence-electron chi connectivity index (χ3n) is 4.04. The maximum atomic E-state index is 9.94. The van der Waals surface area contributed by atoms with Gasteiger partial charge in [0.05, 0.1) is 11.8 Å². The van der Waals surface area contributed by atoms with Crippen LogP contribution in [0.15, 0.2) is 24.5 Å². The highest BCUT2D eigenvalue weighted by Crippen LogP contribution is 2.19. The van der Waals surface area contributed by atoms with Crippen LogP contribution in [0.4, 0.5) is 0 Å². The third kappa shape index (κ3) is 2.65. The Bertz CT molecular complexity index is 578. The summed E-state index contributed by atoms with van der Waals surface area (Å²) in [5.74, 6) is 0.417. The van der Waals surface area contributed by atoms with Gasteiger partial charge in [-0.1, -0.05) is 13.0 Å². The van der Waals surface area contributed by atoms with E-state index in [1.165, 1.54) is 5.56 Å². The zero-order valence-corrected chi connectivity index (χ0v) is 11.6. The van der Waals surface area contributed by atoms with E-state index in [0.717, 1.165) is 37.4 Å². The molecule has 102 valence electrons. The Hall–Kier alpha value is -1.39. The summed E-state index contributed by atoms with van der Waals surface area (Å²) in [6.45, 7) is 6.83. The normalized spacial score (nSPS) is 25.0. The van der Waals surface area contributed by atoms with Crippen LogP contribution >= 0.6 is 0 Å². The lowest BCUT2D eigenvalue weighted by atomic mass is 9.96. The first-order chi connectivity index (χ1) is 9.11. The monoisotopic (exact) mass is 259 g/mol. The van der Waals surface area contributed by atoms with Gasteiger partial charge in [0.2, 0.25) is 0 Å². The van der Waals surface area contributed by atoms with Crippen molar-refractivity contribution in [3.8, 4) is 0 Å². The fourth-order valence-electron chi connectivity index (χ4n) is 2.72. The molecule has 1 aliphatic heterocycles. The topological polar surface area (TPSA) is 40.8 Å². The number of pyridine rings is 1. The van der Waals surface area contributed by atoms with Gasteiger partial charge in [-0.25, -0.2) is 4.98 Å². The van der Waals surface area contributed by atoms with Gasteiger partial charge in [0.25, 0.3) is 0 Å². The van der Waals surface area contributed by atoms with Gasteiger partial charge in [-0.15, -0.1) is 0 Å². The molecule has 0 amide bonds. The first-order valence-electron chi connectivity index (χ1n) is 6.96. The number of β-amino-alcohol motifs (C(OH)–C–C–N with tert-alkyl or cyclic N) is 1. The minimum absolute atomic E-state index is 0.201. The quantitative estimate of drug-likeness (QED) is 0.894. The number of aliphatic hydroxyl groups is 1. The Morgan fingerprint density at radius 3 is 3.00 bits per heavy atom. The molecule has 0 bridgehead atoms. The van der Waals surface area contributed by atoms with E-state index >= 15 is 0 Å². The van der Waals surface area contributed by atoms with Crippen molar-refractivity contribution in [3.63, 3.8) is 0 Å². The first kappa shape index (κ1) is 12.6. The molecule has 1 aliphatic rings.